The van der Waals surface area contributed by atoms with Gasteiger partial charge in [0.05, 0.1) is 0 Å². The van der Waals surface area contributed by atoms with Crippen LogP contribution in [0.2, 0.25) is 0 Å². The van der Waals surface area contributed by atoms with Crippen molar-refractivity contribution >= 4 is 5.91 Å². The Hall–Kier alpha value is -1.46. The van der Waals surface area contributed by atoms with Gasteiger partial charge in [-0.15, -0.1) is 0 Å². The molecule has 0 aliphatic carbocycles. The number of nitrogens with one attached hydrogen (secondary N) is 1. The predicted octanol–water partition coefficient (Wildman–Crippen LogP) is 0.695. The lowest BCUT2D eigenvalue weighted by Crippen LogP contribution is -2.33. The van der Waals surface area contributed by atoms with E-state index in [1.807, 2.05) is 13.0 Å². The Balaban J connectivity index is 2.51. The molecular weight excluding hydrogens is 218 g/mol. The SMILES string of the molecule is COCCC(C)NC(=O)c1ccc(CN)cn1. The van der Waals surface area contributed by atoms with Crippen LogP contribution in [0.1, 0.15) is 29.4 Å². The Morgan fingerprint density at radius 3 is 2.88 bits per heavy atom. The molecule has 17 heavy (non-hydrogen) atoms. The highest BCUT2D eigenvalue weighted by atomic mass is 16.5. The number of pyridine rings is 1. The zero-order valence-electron chi connectivity index (χ0n) is 10.3. The van der Waals surface area contributed by atoms with Gasteiger partial charge in [0.25, 0.3) is 5.91 Å². The van der Waals surface area contributed by atoms with Crippen LogP contribution in [-0.2, 0) is 11.3 Å². The molecule has 0 fully saturated rings. The Morgan fingerprint density at radius 2 is 2.35 bits per heavy atom. The molecule has 1 rings (SSSR count). The van der Waals surface area contributed by atoms with E-state index >= 15 is 0 Å². The molecule has 0 aliphatic rings. The first-order valence-corrected chi connectivity index (χ1v) is 5.62. The van der Waals surface area contributed by atoms with Crippen LogP contribution >= 0.6 is 0 Å². The van der Waals surface area contributed by atoms with Crippen LogP contribution in [0.5, 0.6) is 0 Å². The minimum absolute atomic E-state index is 0.0680. The quantitative estimate of drug-likeness (QED) is 0.763. The maximum absolute atomic E-state index is 11.8. The van der Waals surface area contributed by atoms with Gasteiger partial charge in [0.1, 0.15) is 5.69 Å². The Bertz CT molecular complexity index is 351. The summed E-state index contributed by atoms with van der Waals surface area (Å²) in [5, 5.41) is 2.86. The summed E-state index contributed by atoms with van der Waals surface area (Å²) in [6.45, 7) is 2.99. The molecule has 0 radical (unpaired) electrons. The number of nitrogens with two attached hydrogens (primary N) is 1. The lowest BCUT2D eigenvalue weighted by atomic mass is 10.2. The van der Waals surface area contributed by atoms with Crippen LogP contribution in [0.25, 0.3) is 0 Å². The summed E-state index contributed by atoms with van der Waals surface area (Å²) in [5.41, 5.74) is 6.78. The smallest absolute Gasteiger partial charge is 0.270 e. The summed E-state index contributed by atoms with van der Waals surface area (Å²) in [7, 11) is 1.64. The van der Waals surface area contributed by atoms with Crippen LogP contribution in [0.4, 0.5) is 0 Å². The van der Waals surface area contributed by atoms with E-state index in [1.54, 1.807) is 19.4 Å². The first kappa shape index (κ1) is 13.6. The molecule has 1 amide bonds. The molecule has 1 heterocycles. The molecule has 1 aromatic rings. The monoisotopic (exact) mass is 237 g/mol. The third kappa shape index (κ3) is 4.50. The highest BCUT2D eigenvalue weighted by Gasteiger charge is 2.10. The molecule has 0 aliphatic heterocycles. The average molecular weight is 237 g/mol. The van der Waals surface area contributed by atoms with Gasteiger partial charge in [0, 0.05) is 32.5 Å². The van der Waals surface area contributed by atoms with E-state index in [0.29, 0.717) is 18.8 Å². The first-order chi connectivity index (χ1) is 8.17. The van der Waals surface area contributed by atoms with E-state index in [-0.39, 0.29) is 11.9 Å². The first-order valence-electron chi connectivity index (χ1n) is 5.62. The van der Waals surface area contributed by atoms with Crippen molar-refractivity contribution in [3.8, 4) is 0 Å². The summed E-state index contributed by atoms with van der Waals surface area (Å²) < 4.78 is 4.95. The molecule has 3 N–H and O–H groups in total. The van der Waals surface area contributed by atoms with Crippen LogP contribution in [0.15, 0.2) is 18.3 Å². The lowest BCUT2D eigenvalue weighted by molar-refractivity contribution is 0.0924. The maximum atomic E-state index is 11.8. The van der Waals surface area contributed by atoms with E-state index < -0.39 is 0 Å². The van der Waals surface area contributed by atoms with Crippen molar-refractivity contribution in [2.45, 2.75) is 25.9 Å². The second kappa shape index (κ2) is 6.98. The van der Waals surface area contributed by atoms with Crippen LogP contribution in [0.3, 0.4) is 0 Å². The number of methoxy groups -OCH3 is 1. The fourth-order valence-corrected chi connectivity index (χ4v) is 1.34. The molecule has 94 valence electrons. The molecule has 0 saturated carbocycles. The van der Waals surface area contributed by atoms with Gasteiger partial charge in [0.15, 0.2) is 0 Å². The molecule has 5 nitrogen and oxygen atoms in total. The summed E-state index contributed by atoms with van der Waals surface area (Å²) in [4.78, 5) is 15.8. The fourth-order valence-electron chi connectivity index (χ4n) is 1.34. The Morgan fingerprint density at radius 1 is 1.59 bits per heavy atom. The number of hydrogen-bond acceptors (Lipinski definition) is 4. The number of hydrogen-bond donors (Lipinski definition) is 2. The van der Waals surface area contributed by atoms with Crippen molar-refractivity contribution < 1.29 is 9.53 Å². The lowest BCUT2D eigenvalue weighted by Gasteiger charge is -2.12. The molecule has 1 unspecified atom stereocenters. The van der Waals surface area contributed by atoms with Crippen molar-refractivity contribution in [2.75, 3.05) is 13.7 Å². The number of carbonyl (C=O) groups excluding carboxylic acids is 1. The molecule has 0 spiro atoms. The van der Waals surface area contributed by atoms with Gasteiger partial charge in [0.2, 0.25) is 0 Å². The van der Waals surface area contributed by atoms with E-state index in [2.05, 4.69) is 10.3 Å². The standard InChI is InChI=1S/C12H19N3O2/c1-9(5-6-17-2)15-12(16)11-4-3-10(7-13)8-14-11/h3-4,8-9H,5-7,13H2,1-2H3,(H,15,16). The van der Waals surface area contributed by atoms with Gasteiger partial charge in [-0.2, -0.15) is 0 Å². The van der Waals surface area contributed by atoms with Crippen molar-refractivity contribution in [1.82, 2.24) is 10.3 Å². The topological polar surface area (TPSA) is 77.2 Å². The van der Waals surface area contributed by atoms with Crippen LogP contribution in [0, 0.1) is 0 Å². The summed E-state index contributed by atoms with van der Waals surface area (Å²) in [6, 6.07) is 3.56. The molecule has 1 atom stereocenters. The minimum atomic E-state index is -0.169. The van der Waals surface area contributed by atoms with Gasteiger partial charge < -0.3 is 15.8 Å². The van der Waals surface area contributed by atoms with Gasteiger partial charge in [-0.3, -0.25) is 9.78 Å². The van der Waals surface area contributed by atoms with E-state index in [9.17, 15) is 4.79 Å². The third-order valence-corrected chi connectivity index (χ3v) is 2.43. The van der Waals surface area contributed by atoms with Crippen molar-refractivity contribution in [3.05, 3.63) is 29.6 Å². The normalized spacial score (nSPS) is 12.2. The van der Waals surface area contributed by atoms with Gasteiger partial charge >= 0.3 is 0 Å². The Kier molecular flexibility index (Phi) is 5.59. The largest absolute Gasteiger partial charge is 0.385 e. The molecule has 5 heteroatoms. The van der Waals surface area contributed by atoms with Crippen molar-refractivity contribution in [2.24, 2.45) is 5.73 Å². The number of ether oxygens (including phenoxy) is 1. The Labute approximate surface area is 101 Å². The number of aromatic nitrogens is 1. The third-order valence-electron chi connectivity index (χ3n) is 2.43. The number of carbonyl (C=O) groups is 1. The average Bonchev–Trinajstić information content (AvgIpc) is 2.36. The van der Waals surface area contributed by atoms with Crippen molar-refractivity contribution in [1.29, 1.82) is 0 Å². The second-order valence-electron chi connectivity index (χ2n) is 3.91. The molecular formula is C12H19N3O2. The van der Waals surface area contributed by atoms with Gasteiger partial charge in [-0.1, -0.05) is 6.07 Å². The predicted molar refractivity (Wildman–Crippen MR) is 65.5 cm³/mol. The highest BCUT2D eigenvalue weighted by molar-refractivity contribution is 5.92. The number of nitrogens with zero attached hydrogens (tertiary/aromatic N) is 1. The molecule has 0 bridgehead atoms. The van der Waals surface area contributed by atoms with Crippen LogP contribution < -0.4 is 11.1 Å². The van der Waals surface area contributed by atoms with E-state index in [1.165, 1.54) is 0 Å². The summed E-state index contributed by atoms with van der Waals surface area (Å²) >= 11 is 0. The van der Waals surface area contributed by atoms with E-state index in [4.69, 9.17) is 10.5 Å². The zero-order chi connectivity index (χ0) is 12.7. The van der Waals surface area contributed by atoms with Gasteiger partial charge in [-0.25, -0.2) is 0 Å². The zero-order valence-corrected chi connectivity index (χ0v) is 10.3. The minimum Gasteiger partial charge on any atom is -0.385 e. The second-order valence-corrected chi connectivity index (χ2v) is 3.91. The van der Waals surface area contributed by atoms with Crippen molar-refractivity contribution in [3.63, 3.8) is 0 Å². The fraction of sp³-hybridized carbons (Fsp3) is 0.500. The molecule has 0 saturated heterocycles. The number of rotatable bonds is 6. The number of amides is 1. The maximum Gasteiger partial charge on any atom is 0.270 e. The van der Waals surface area contributed by atoms with Gasteiger partial charge in [-0.05, 0) is 25.0 Å². The van der Waals surface area contributed by atoms with E-state index in [0.717, 1.165) is 12.0 Å². The van der Waals surface area contributed by atoms with Crippen LogP contribution in [-0.4, -0.2) is 30.6 Å². The molecule has 0 aromatic carbocycles. The molecule has 1 aromatic heterocycles. The highest BCUT2D eigenvalue weighted by Crippen LogP contribution is 2.00. The summed E-state index contributed by atoms with van der Waals surface area (Å²) in [6.07, 6.45) is 2.40. The summed E-state index contributed by atoms with van der Waals surface area (Å²) in [5.74, 6) is -0.169.